The summed E-state index contributed by atoms with van der Waals surface area (Å²) in [5.74, 6) is 0.635. The largest absolute Gasteiger partial charge is 0.487 e. The second kappa shape index (κ2) is 4.99. The van der Waals surface area contributed by atoms with Crippen molar-refractivity contribution in [1.29, 1.82) is 0 Å². The first kappa shape index (κ1) is 11.6. The van der Waals surface area contributed by atoms with E-state index in [0.29, 0.717) is 27.9 Å². The molecule has 0 amide bonds. The maximum absolute atomic E-state index is 5.91. The maximum atomic E-state index is 5.91. The Balaban J connectivity index is 2.22. The van der Waals surface area contributed by atoms with Gasteiger partial charge in [-0.15, -0.1) is 0 Å². The van der Waals surface area contributed by atoms with Crippen LogP contribution in [-0.2, 0) is 4.74 Å². The van der Waals surface area contributed by atoms with E-state index in [1.807, 2.05) is 0 Å². The molecule has 2 rings (SSSR count). The number of halogens is 1. The predicted octanol–water partition coefficient (Wildman–Crippen LogP) is 2.14. The lowest BCUT2D eigenvalue weighted by Crippen LogP contribution is -2.19. The Kier molecular flexibility index (Phi) is 3.63. The fraction of sp³-hybridized carbons (Fsp3) is 0.364. The van der Waals surface area contributed by atoms with E-state index >= 15 is 0 Å². The molecular weight excluding hydrogens is 246 g/mol. The second-order valence-corrected chi connectivity index (χ2v) is 4.48. The molecule has 1 aromatic rings. The molecule has 1 atom stereocenters. The van der Waals surface area contributed by atoms with E-state index in [-0.39, 0.29) is 6.10 Å². The zero-order valence-electron chi connectivity index (χ0n) is 8.61. The van der Waals surface area contributed by atoms with Crippen LogP contribution in [0.15, 0.2) is 18.2 Å². The average Bonchev–Trinajstić information content (AvgIpc) is 2.70. The van der Waals surface area contributed by atoms with Crippen LogP contribution in [-0.4, -0.2) is 24.3 Å². The topological polar surface area (TPSA) is 44.5 Å². The van der Waals surface area contributed by atoms with E-state index in [0.717, 1.165) is 13.0 Å². The van der Waals surface area contributed by atoms with Crippen LogP contribution in [0.3, 0.4) is 0 Å². The molecule has 0 aromatic heterocycles. The Morgan fingerprint density at radius 3 is 3.00 bits per heavy atom. The zero-order chi connectivity index (χ0) is 11.5. The first-order chi connectivity index (χ1) is 7.66. The van der Waals surface area contributed by atoms with E-state index in [1.54, 1.807) is 18.2 Å². The van der Waals surface area contributed by atoms with Crippen LogP contribution in [0.25, 0.3) is 0 Å². The summed E-state index contributed by atoms with van der Waals surface area (Å²) < 4.78 is 11.0. The Hall–Kier alpha value is -0.840. The molecule has 1 saturated heterocycles. The minimum Gasteiger partial charge on any atom is -0.487 e. The summed E-state index contributed by atoms with van der Waals surface area (Å²) in [7, 11) is 0. The number of benzene rings is 1. The number of rotatable bonds is 3. The molecule has 1 aromatic carbocycles. The van der Waals surface area contributed by atoms with Gasteiger partial charge in [0.2, 0.25) is 0 Å². The van der Waals surface area contributed by atoms with Crippen LogP contribution in [0.1, 0.15) is 12.0 Å². The molecule has 0 aliphatic carbocycles. The third-order valence-corrected chi connectivity index (χ3v) is 2.85. The summed E-state index contributed by atoms with van der Waals surface area (Å²) >= 11 is 10.9. The van der Waals surface area contributed by atoms with Crippen molar-refractivity contribution >= 4 is 28.8 Å². The number of hydrogen-bond donors (Lipinski definition) is 1. The number of nitrogens with two attached hydrogens (primary N) is 1. The van der Waals surface area contributed by atoms with Crippen molar-refractivity contribution < 1.29 is 9.47 Å². The third kappa shape index (κ3) is 2.64. The summed E-state index contributed by atoms with van der Waals surface area (Å²) in [5, 5.41) is 0.605. The van der Waals surface area contributed by atoms with Crippen molar-refractivity contribution in [3.05, 3.63) is 28.8 Å². The number of hydrogen-bond acceptors (Lipinski definition) is 3. The molecule has 1 aliphatic heterocycles. The minimum absolute atomic E-state index is 0.0616. The van der Waals surface area contributed by atoms with Crippen molar-refractivity contribution in [2.45, 2.75) is 12.5 Å². The van der Waals surface area contributed by atoms with E-state index < -0.39 is 0 Å². The van der Waals surface area contributed by atoms with E-state index in [9.17, 15) is 0 Å². The molecule has 86 valence electrons. The Labute approximate surface area is 104 Å². The summed E-state index contributed by atoms with van der Waals surface area (Å²) in [6.07, 6.45) is 0.940. The van der Waals surface area contributed by atoms with Crippen molar-refractivity contribution in [1.82, 2.24) is 0 Å². The van der Waals surface area contributed by atoms with Gasteiger partial charge < -0.3 is 15.2 Å². The molecule has 2 N–H and O–H groups in total. The predicted molar refractivity (Wildman–Crippen MR) is 67.2 cm³/mol. The van der Waals surface area contributed by atoms with Crippen molar-refractivity contribution in [2.24, 2.45) is 5.73 Å². The maximum Gasteiger partial charge on any atom is 0.131 e. The molecule has 0 radical (unpaired) electrons. The fourth-order valence-electron chi connectivity index (χ4n) is 1.58. The molecule has 1 unspecified atom stereocenters. The first-order valence-corrected chi connectivity index (χ1v) is 5.79. The zero-order valence-corrected chi connectivity index (χ0v) is 10.2. The Bertz CT molecular complexity index is 405. The van der Waals surface area contributed by atoms with Gasteiger partial charge in [-0.1, -0.05) is 23.8 Å². The SMILES string of the molecule is NC(=S)c1ccc(Cl)cc1OC1CCOC1. The minimum atomic E-state index is 0.0616. The van der Waals surface area contributed by atoms with Gasteiger partial charge in [-0.2, -0.15) is 0 Å². The normalized spacial score (nSPS) is 19.7. The van der Waals surface area contributed by atoms with Gasteiger partial charge in [0.25, 0.3) is 0 Å². The molecule has 0 saturated carbocycles. The van der Waals surface area contributed by atoms with Crippen LogP contribution in [0.5, 0.6) is 5.75 Å². The summed E-state index contributed by atoms with van der Waals surface area (Å²) in [5.41, 5.74) is 6.33. The first-order valence-electron chi connectivity index (χ1n) is 5.00. The van der Waals surface area contributed by atoms with Crippen LogP contribution in [0.2, 0.25) is 5.02 Å². The van der Waals surface area contributed by atoms with Gasteiger partial charge >= 0.3 is 0 Å². The van der Waals surface area contributed by atoms with Crippen LogP contribution >= 0.6 is 23.8 Å². The lowest BCUT2D eigenvalue weighted by Gasteiger charge is -2.15. The molecule has 1 heterocycles. The van der Waals surface area contributed by atoms with E-state index in [2.05, 4.69) is 0 Å². The molecule has 0 spiro atoms. The standard InChI is InChI=1S/C11H12ClNO2S/c12-7-1-2-9(11(13)16)10(5-7)15-8-3-4-14-6-8/h1-2,5,8H,3-4,6H2,(H2,13,16). The number of ether oxygens (including phenoxy) is 2. The van der Waals surface area contributed by atoms with Gasteiger partial charge in [0.1, 0.15) is 16.8 Å². The highest BCUT2D eigenvalue weighted by Gasteiger charge is 2.19. The van der Waals surface area contributed by atoms with Gasteiger partial charge in [-0.3, -0.25) is 0 Å². The van der Waals surface area contributed by atoms with Gasteiger partial charge in [0, 0.05) is 11.4 Å². The van der Waals surface area contributed by atoms with Gasteiger partial charge in [-0.25, -0.2) is 0 Å². The lowest BCUT2D eigenvalue weighted by atomic mass is 10.2. The van der Waals surface area contributed by atoms with Gasteiger partial charge in [0.15, 0.2) is 0 Å². The average molecular weight is 258 g/mol. The highest BCUT2D eigenvalue weighted by Crippen LogP contribution is 2.25. The highest BCUT2D eigenvalue weighted by molar-refractivity contribution is 7.80. The molecule has 1 aliphatic rings. The highest BCUT2D eigenvalue weighted by atomic mass is 35.5. The number of thiocarbonyl (C=S) groups is 1. The van der Waals surface area contributed by atoms with Gasteiger partial charge in [0.05, 0.1) is 18.8 Å². The molecule has 0 bridgehead atoms. The summed E-state index contributed by atoms with van der Waals surface area (Å²) in [6, 6.07) is 5.25. The summed E-state index contributed by atoms with van der Waals surface area (Å²) in [4.78, 5) is 0.311. The van der Waals surface area contributed by atoms with Crippen LogP contribution < -0.4 is 10.5 Å². The molecule has 3 nitrogen and oxygen atoms in total. The Morgan fingerprint density at radius 2 is 2.38 bits per heavy atom. The van der Waals surface area contributed by atoms with E-state index in [1.165, 1.54) is 0 Å². The monoisotopic (exact) mass is 257 g/mol. The van der Waals surface area contributed by atoms with Crippen molar-refractivity contribution in [3.8, 4) is 5.75 Å². The smallest absolute Gasteiger partial charge is 0.131 e. The lowest BCUT2D eigenvalue weighted by molar-refractivity contribution is 0.141. The Morgan fingerprint density at radius 1 is 1.56 bits per heavy atom. The molecular formula is C11H12ClNO2S. The van der Waals surface area contributed by atoms with Gasteiger partial charge in [-0.05, 0) is 18.2 Å². The van der Waals surface area contributed by atoms with Crippen molar-refractivity contribution in [3.63, 3.8) is 0 Å². The molecule has 16 heavy (non-hydrogen) atoms. The van der Waals surface area contributed by atoms with Crippen molar-refractivity contribution in [2.75, 3.05) is 13.2 Å². The fourth-order valence-corrected chi connectivity index (χ4v) is 1.91. The molecule has 5 heteroatoms. The van der Waals surface area contributed by atoms with E-state index in [4.69, 9.17) is 39.0 Å². The quantitative estimate of drug-likeness (QED) is 0.843. The third-order valence-electron chi connectivity index (χ3n) is 2.39. The molecule has 1 fully saturated rings. The van der Waals surface area contributed by atoms with Crippen LogP contribution in [0.4, 0.5) is 0 Å². The summed E-state index contributed by atoms with van der Waals surface area (Å²) in [6.45, 7) is 1.33. The van der Waals surface area contributed by atoms with Crippen LogP contribution in [0, 0.1) is 0 Å². The second-order valence-electron chi connectivity index (χ2n) is 3.61.